The van der Waals surface area contributed by atoms with Crippen molar-refractivity contribution in [1.29, 1.82) is 0 Å². The third-order valence-corrected chi connectivity index (χ3v) is 3.87. The summed E-state index contributed by atoms with van der Waals surface area (Å²) < 4.78 is 12.9. The molecule has 4 nitrogen and oxygen atoms in total. The van der Waals surface area contributed by atoms with Crippen LogP contribution in [0.25, 0.3) is 0 Å². The molecule has 0 aromatic heterocycles. The highest BCUT2D eigenvalue weighted by Gasteiger charge is 2.26. The first kappa shape index (κ1) is 14.8. The summed E-state index contributed by atoms with van der Waals surface area (Å²) in [5.74, 6) is -0.250. The number of carbonyl (C=O) groups excluding carboxylic acids is 1. The molecule has 1 aromatic carbocycles. The Kier molecular flexibility index (Phi) is 4.95. The molecule has 1 saturated heterocycles. The van der Waals surface area contributed by atoms with E-state index in [1.54, 1.807) is 19.2 Å². The van der Waals surface area contributed by atoms with Crippen molar-refractivity contribution >= 4 is 6.03 Å². The monoisotopic (exact) mass is 279 g/mol. The summed E-state index contributed by atoms with van der Waals surface area (Å²) in [6.07, 6.45) is 1.95. The Hall–Kier alpha value is -1.62. The summed E-state index contributed by atoms with van der Waals surface area (Å²) in [6.45, 7) is 2.53. The van der Waals surface area contributed by atoms with E-state index in [4.69, 9.17) is 0 Å². The summed E-state index contributed by atoms with van der Waals surface area (Å²) in [4.78, 5) is 16.2. The lowest BCUT2D eigenvalue weighted by Crippen LogP contribution is -2.49. The number of halogens is 1. The van der Waals surface area contributed by atoms with Crippen molar-refractivity contribution in [1.82, 2.24) is 15.1 Å². The number of nitrogens with zero attached hydrogens (tertiary/aromatic N) is 2. The average molecular weight is 279 g/mol. The van der Waals surface area contributed by atoms with E-state index in [0.717, 1.165) is 31.5 Å². The van der Waals surface area contributed by atoms with Gasteiger partial charge in [0.05, 0.1) is 0 Å². The largest absolute Gasteiger partial charge is 0.341 e. The lowest BCUT2D eigenvalue weighted by atomic mass is 10.0. The molecule has 20 heavy (non-hydrogen) atoms. The molecule has 0 bridgehead atoms. The van der Waals surface area contributed by atoms with Gasteiger partial charge in [0.2, 0.25) is 0 Å². The Morgan fingerprint density at radius 2 is 1.95 bits per heavy atom. The topological polar surface area (TPSA) is 35.6 Å². The molecular formula is C15H22FN3O. The van der Waals surface area contributed by atoms with Crippen LogP contribution in [-0.4, -0.2) is 49.1 Å². The molecule has 1 aliphatic rings. The van der Waals surface area contributed by atoms with E-state index < -0.39 is 0 Å². The van der Waals surface area contributed by atoms with Crippen LogP contribution in [0.1, 0.15) is 18.4 Å². The zero-order chi connectivity index (χ0) is 14.5. The second-order valence-electron chi connectivity index (χ2n) is 5.34. The van der Waals surface area contributed by atoms with E-state index in [9.17, 15) is 9.18 Å². The smallest absolute Gasteiger partial charge is 0.317 e. The molecule has 1 N–H and O–H groups in total. The zero-order valence-corrected chi connectivity index (χ0v) is 12.1. The molecule has 1 fully saturated rings. The van der Waals surface area contributed by atoms with Crippen LogP contribution in [0.15, 0.2) is 24.3 Å². The molecule has 2 rings (SSSR count). The number of carbonyl (C=O) groups is 1. The Morgan fingerprint density at radius 1 is 1.35 bits per heavy atom. The molecule has 5 heteroatoms. The number of piperidine rings is 1. The summed E-state index contributed by atoms with van der Waals surface area (Å²) in [5, 5.41) is 2.70. The third-order valence-electron chi connectivity index (χ3n) is 3.87. The van der Waals surface area contributed by atoms with Gasteiger partial charge < -0.3 is 15.1 Å². The highest BCUT2D eigenvalue weighted by Crippen LogP contribution is 2.18. The molecule has 1 aromatic rings. The molecular weight excluding hydrogens is 257 g/mol. The number of rotatable bonds is 3. The van der Waals surface area contributed by atoms with Gasteiger partial charge in [-0.2, -0.15) is 0 Å². The molecule has 0 radical (unpaired) electrons. The molecule has 1 heterocycles. The fourth-order valence-electron chi connectivity index (χ4n) is 2.60. The predicted molar refractivity (Wildman–Crippen MR) is 76.9 cm³/mol. The summed E-state index contributed by atoms with van der Waals surface area (Å²) in [6, 6.07) is 6.53. The van der Waals surface area contributed by atoms with Crippen molar-refractivity contribution in [2.45, 2.75) is 25.4 Å². The van der Waals surface area contributed by atoms with Crippen molar-refractivity contribution in [3.05, 3.63) is 35.6 Å². The van der Waals surface area contributed by atoms with Crippen LogP contribution in [0.3, 0.4) is 0 Å². The number of amides is 2. The summed E-state index contributed by atoms with van der Waals surface area (Å²) in [7, 11) is 3.75. The second kappa shape index (κ2) is 6.70. The van der Waals surface area contributed by atoms with Gasteiger partial charge in [-0.3, -0.25) is 0 Å². The van der Waals surface area contributed by atoms with Gasteiger partial charge in [0, 0.05) is 19.6 Å². The van der Waals surface area contributed by atoms with E-state index in [-0.39, 0.29) is 17.9 Å². The second-order valence-corrected chi connectivity index (χ2v) is 5.34. The van der Waals surface area contributed by atoms with E-state index >= 15 is 0 Å². The zero-order valence-electron chi connectivity index (χ0n) is 12.1. The SMILES string of the molecule is CNC(=O)N(Cc1ccc(F)cc1)C1CCN(C)CC1. The van der Waals surface area contributed by atoms with Crippen LogP contribution in [0.4, 0.5) is 9.18 Å². The van der Waals surface area contributed by atoms with Gasteiger partial charge in [-0.05, 0) is 50.7 Å². The van der Waals surface area contributed by atoms with Gasteiger partial charge in [0.25, 0.3) is 0 Å². The molecule has 0 unspecified atom stereocenters. The van der Waals surface area contributed by atoms with Crippen molar-refractivity contribution in [2.75, 3.05) is 27.2 Å². The standard InChI is InChI=1S/C15H22FN3O/c1-17-15(20)19(14-7-9-18(2)10-8-14)11-12-3-5-13(16)6-4-12/h3-6,14H,7-11H2,1-2H3,(H,17,20). The van der Waals surface area contributed by atoms with Gasteiger partial charge in [-0.25, -0.2) is 9.18 Å². The van der Waals surface area contributed by atoms with Gasteiger partial charge in [-0.15, -0.1) is 0 Å². The first-order valence-corrected chi connectivity index (χ1v) is 7.01. The highest BCUT2D eigenvalue weighted by molar-refractivity contribution is 5.74. The molecule has 1 aliphatic heterocycles. The molecule has 2 amide bonds. The minimum Gasteiger partial charge on any atom is -0.341 e. The van der Waals surface area contributed by atoms with Crippen molar-refractivity contribution in [3.8, 4) is 0 Å². The maximum absolute atomic E-state index is 12.9. The van der Waals surface area contributed by atoms with E-state index in [2.05, 4.69) is 17.3 Å². The number of urea groups is 1. The highest BCUT2D eigenvalue weighted by atomic mass is 19.1. The molecule has 0 spiro atoms. The van der Waals surface area contributed by atoms with Crippen LogP contribution in [-0.2, 0) is 6.54 Å². The summed E-state index contributed by atoms with van der Waals surface area (Å²) in [5.41, 5.74) is 0.953. The van der Waals surface area contributed by atoms with Gasteiger partial charge >= 0.3 is 6.03 Å². The maximum Gasteiger partial charge on any atom is 0.317 e. The molecule has 0 atom stereocenters. The van der Waals surface area contributed by atoms with Crippen molar-refractivity contribution in [2.24, 2.45) is 0 Å². The number of benzene rings is 1. The van der Waals surface area contributed by atoms with E-state index in [0.29, 0.717) is 6.54 Å². The van der Waals surface area contributed by atoms with Crippen LogP contribution < -0.4 is 5.32 Å². The Bertz CT molecular complexity index is 441. The first-order valence-electron chi connectivity index (χ1n) is 7.01. The lowest BCUT2D eigenvalue weighted by molar-refractivity contribution is 0.128. The van der Waals surface area contributed by atoms with E-state index in [1.807, 2.05) is 4.90 Å². The van der Waals surface area contributed by atoms with E-state index in [1.165, 1.54) is 12.1 Å². The summed E-state index contributed by atoms with van der Waals surface area (Å²) >= 11 is 0. The number of nitrogens with one attached hydrogen (secondary N) is 1. The van der Waals surface area contributed by atoms with Crippen LogP contribution >= 0.6 is 0 Å². The van der Waals surface area contributed by atoms with Gasteiger partial charge in [-0.1, -0.05) is 12.1 Å². The van der Waals surface area contributed by atoms with Crippen LogP contribution in [0, 0.1) is 5.82 Å². The van der Waals surface area contributed by atoms with Gasteiger partial charge in [0.1, 0.15) is 5.82 Å². The lowest BCUT2D eigenvalue weighted by Gasteiger charge is -2.37. The first-order chi connectivity index (χ1) is 9.60. The quantitative estimate of drug-likeness (QED) is 0.919. The van der Waals surface area contributed by atoms with Crippen LogP contribution in [0.2, 0.25) is 0 Å². The fraction of sp³-hybridized carbons (Fsp3) is 0.533. The normalized spacial score (nSPS) is 16.9. The number of hydrogen-bond donors (Lipinski definition) is 1. The molecule has 110 valence electrons. The van der Waals surface area contributed by atoms with Crippen LogP contribution in [0.5, 0.6) is 0 Å². The fourth-order valence-corrected chi connectivity index (χ4v) is 2.60. The molecule has 0 saturated carbocycles. The minimum atomic E-state index is -0.250. The Labute approximate surface area is 119 Å². The minimum absolute atomic E-state index is 0.0659. The maximum atomic E-state index is 12.9. The number of hydrogen-bond acceptors (Lipinski definition) is 2. The molecule has 0 aliphatic carbocycles. The Balaban J connectivity index is 2.07. The number of likely N-dealkylation sites (tertiary alicyclic amines) is 1. The Morgan fingerprint density at radius 3 is 2.50 bits per heavy atom. The van der Waals surface area contributed by atoms with Crippen molar-refractivity contribution in [3.63, 3.8) is 0 Å². The predicted octanol–water partition coefficient (Wildman–Crippen LogP) is 2.06. The van der Waals surface area contributed by atoms with Gasteiger partial charge in [0.15, 0.2) is 0 Å². The third kappa shape index (κ3) is 3.70. The average Bonchev–Trinajstić information content (AvgIpc) is 2.47. The van der Waals surface area contributed by atoms with Crippen molar-refractivity contribution < 1.29 is 9.18 Å².